The van der Waals surface area contributed by atoms with Gasteiger partial charge >= 0.3 is 5.76 Å². The highest BCUT2D eigenvalue weighted by molar-refractivity contribution is 9.10. The number of H-pyrrole nitrogens is 1. The number of benzene rings is 3. The molecule has 0 aliphatic rings. The summed E-state index contributed by atoms with van der Waals surface area (Å²) in [5.41, 5.74) is 5.94. The van der Waals surface area contributed by atoms with Crippen molar-refractivity contribution >= 4 is 38.4 Å². The molecule has 0 saturated carbocycles. The zero-order valence-corrected chi connectivity index (χ0v) is 19.4. The molecule has 0 radical (unpaired) electrons. The number of halogens is 1. The van der Waals surface area contributed by atoms with Gasteiger partial charge in [0.2, 0.25) is 0 Å². The van der Waals surface area contributed by atoms with Gasteiger partial charge in [-0.1, -0.05) is 57.5 Å². The van der Waals surface area contributed by atoms with Gasteiger partial charge in [-0.2, -0.15) is 0 Å². The van der Waals surface area contributed by atoms with Crippen LogP contribution >= 0.6 is 15.9 Å². The Bertz CT molecular complexity index is 1580. The number of rotatable bonds is 4. The molecule has 0 saturated heterocycles. The van der Waals surface area contributed by atoms with E-state index in [-0.39, 0.29) is 11.7 Å². The SMILES string of the molecule is Cc1ccccc1-c1ccc2cc(C(=O)Nc3ccc(Br)cc3-c3noc(=O)[nH]3)n(C)c2c1. The fourth-order valence-corrected chi connectivity index (χ4v) is 4.33. The van der Waals surface area contributed by atoms with Gasteiger partial charge in [0.15, 0.2) is 5.82 Å². The molecule has 164 valence electrons. The van der Waals surface area contributed by atoms with Crippen LogP contribution in [0.4, 0.5) is 5.69 Å². The molecule has 1 amide bonds. The lowest BCUT2D eigenvalue weighted by molar-refractivity contribution is 0.102. The molecular weight excluding hydrogens is 484 g/mol. The first-order valence-corrected chi connectivity index (χ1v) is 11.0. The van der Waals surface area contributed by atoms with Crippen molar-refractivity contribution < 1.29 is 9.32 Å². The second-order valence-electron chi connectivity index (χ2n) is 7.76. The van der Waals surface area contributed by atoms with Gasteiger partial charge in [-0.25, -0.2) is 4.79 Å². The Labute approximate surface area is 197 Å². The van der Waals surface area contributed by atoms with E-state index < -0.39 is 5.76 Å². The first-order chi connectivity index (χ1) is 15.9. The van der Waals surface area contributed by atoms with Crippen molar-refractivity contribution in [1.82, 2.24) is 14.7 Å². The highest BCUT2D eigenvalue weighted by Gasteiger charge is 2.18. The number of hydrogen-bond acceptors (Lipinski definition) is 4. The number of aromatic nitrogens is 3. The zero-order chi connectivity index (χ0) is 23.1. The van der Waals surface area contributed by atoms with Crippen LogP contribution < -0.4 is 11.1 Å². The maximum absolute atomic E-state index is 13.2. The molecule has 3 aromatic carbocycles. The number of aryl methyl sites for hydroxylation is 2. The van der Waals surface area contributed by atoms with Gasteiger partial charge in [0.1, 0.15) is 5.69 Å². The number of nitrogens with zero attached hydrogens (tertiary/aromatic N) is 2. The molecule has 2 heterocycles. The maximum Gasteiger partial charge on any atom is 0.439 e. The third-order valence-corrected chi connectivity index (χ3v) is 6.15. The highest BCUT2D eigenvalue weighted by Crippen LogP contribution is 2.31. The third-order valence-electron chi connectivity index (χ3n) is 5.66. The molecular formula is C25H19BrN4O3. The van der Waals surface area contributed by atoms with Crippen LogP contribution in [0.1, 0.15) is 16.1 Å². The summed E-state index contributed by atoms with van der Waals surface area (Å²) >= 11 is 3.41. The van der Waals surface area contributed by atoms with E-state index in [9.17, 15) is 9.59 Å². The normalized spacial score (nSPS) is 11.1. The molecule has 0 bridgehead atoms. The largest absolute Gasteiger partial charge is 0.439 e. The zero-order valence-electron chi connectivity index (χ0n) is 17.8. The van der Waals surface area contributed by atoms with Gasteiger partial charge in [-0.15, -0.1) is 0 Å². The summed E-state index contributed by atoms with van der Waals surface area (Å²) in [7, 11) is 1.87. The number of aromatic amines is 1. The van der Waals surface area contributed by atoms with Gasteiger partial charge in [0, 0.05) is 28.0 Å². The van der Waals surface area contributed by atoms with Crippen LogP contribution in [0.15, 0.2) is 80.5 Å². The topological polar surface area (TPSA) is 92.9 Å². The predicted molar refractivity (Wildman–Crippen MR) is 131 cm³/mol. The van der Waals surface area contributed by atoms with Gasteiger partial charge in [0.05, 0.1) is 5.69 Å². The van der Waals surface area contributed by atoms with Crippen molar-refractivity contribution in [2.24, 2.45) is 7.05 Å². The van der Waals surface area contributed by atoms with Crippen LogP contribution in [0.3, 0.4) is 0 Å². The maximum atomic E-state index is 13.2. The van der Waals surface area contributed by atoms with Crippen LogP contribution in [0.25, 0.3) is 33.4 Å². The van der Waals surface area contributed by atoms with Gasteiger partial charge in [-0.3, -0.25) is 14.3 Å². The number of anilines is 1. The van der Waals surface area contributed by atoms with Crippen molar-refractivity contribution in [1.29, 1.82) is 0 Å². The predicted octanol–water partition coefficient (Wildman–Crippen LogP) is 5.51. The molecule has 0 aliphatic carbocycles. The van der Waals surface area contributed by atoms with Crippen molar-refractivity contribution in [3.8, 4) is 22.5 Å². The number of fused-ring (bicyclic) bond motifs is 1. The molecule has 2 N–H and O–H groups in total. The van der Waals surface area contributed by atoms with Crippen LogP contribution in [0.2, 0.25) is 0 Å². The van der Waals surface area contributed by atoms with E-state index in [1.165, 1.54) is 5.56 Å². The minimum absolute atomic E-state index is 0.233. The van der Waals surface area contributed by atoms with Crippen LogP contribution in [0, 0.1) is 6.92 Å². The summed E-state index contributed by atoms with van der Waals surface area (Å²) in [6.45, 7) is 2.08. The minimum atomic E-state index is -0.666. The fraction of sp³-hybridized carbons (Fsp3) is 0.0800. The minimum Gasteiger partial charge on any atom is -0.340 e. The van der Waals surface area contributed by atoms with Crippen molar-refractivity contribution in [2.75, 3.05) is 5.32 Å². The van der Waals surface area contributed by atoms with Gasteiger partial charge < -0.3 is 9.88 Å². The molecule has 7 nitrogen and oxygen atoms in total. The van der Waals surface area contributed by atoms with Crippen molar-refractivity contribution in [3.63, 3.8) is 0 Å². The number of carbonyl (C=O) groups excluding carboxylic acids is 1. The molecule has 2 aromatic heterocycles. The lowest BCUT2D eigenvalue weighted by Gasteiger charge is -2.11. The Balaban J connectivity index is 1.52. The Morgan fingerprint density at radius 1 is 1.06 bits per heavy atom. The number of nitrogens with one attached hydrogen (secondary N) is 2. The second kappa shape index (κ2) is 8.22. The average molecular weight is 503 g/mol. The molecule has 5 aromatic rings. The van der Waals surface area contributed by atoms with Gasteiger partial charge in [-0.05, 0) is 53.9 Å². The van der Waals surface area contributed by atoms with E-state index in [2.05, 4.69) is 67.1 Å². The molecule has 8 heteroatoms. The second-order valence-corrected chi connectivity index (χ2v) is 8.68. The molecule has 0 unspecified atom stereocenters. The van der Waals surface area contributed by atoms with E-state index in [0.29, 0.717) is 16.9 Å². The summed E-state index contributed by atoms with van der Waals surface area (Å²) in [6.07, 6.45) is 0. The Hall–Kier alpha value is -3.91. The number of carbonyl (C=O) groups is 1. The summed E-state index contributed by atoms with van der Waals surface area (Å²) in [5, 5.41) is 7.65. The Morgan fingerprint density at radius 2 is 1.88 bits per heavy atom. The number of amides is 1. The summed E-state index contributed by atoms with van der Waals surface area (Å²) < 4.78 is 7.27. The number of hydrogen-bond donors (Lipinski definition) is 2. The molecule has 0 aliphatic heterocycles. The molecule has 0 fully saturated rings. The molecule has 0 spiro atoms. The molecule has 33 heavy (non-hydrogen) atoms. The Morgan fingerprint density at radius 3 is 2.64 bits per heavy atom. The first-order valence-electron chi connectivity index (χ1n) is 10.2. The van der Waals surface area contributed by atoms with Crippen molar-refractivity contribution in [2.45, 2.75) is 6.92 Å². The average Bonchev–Trinajstić information content (AvgIpc) is 3.38. The fourth-order valence-electron chi connectivity index (χ4n) is 3.97. The van der Waals surface area contributed by atoms with Gasteiger partial charge in [0.25, 0.3) is 5.91 Å². The summed E-state index contributed by atoms with van der Waals surface area (Å²) in [6, 6.07) is 21.6. The van der Waals surface area contributed by atoms with E-state index in [0.717, 1.165) is 26.5 Å². The quantitative estimate of drug-likeness (QED) is 0.338. The smallest absolute Gasteiger partial charge is 0.340 e. The van der Waals surface area contributed by atoms with E-state index in [1.54, 1.807) is 18.2 Å². The lowest BCUT2D eigenvalue weighted by atomic mass is 10.00. The van der Waals surface area contributed by atoms with E-state index in [4.69, 9.17) is 0 Å². The standard InChI is InChI=1S/C25H19BrN4O3/c1-14-5-3-4-6-18(14)15-7-8-16-12-22(30(2)21(16)11-15)24(31)27-20-10-9-17(26)13-19(20)23-28-25(32)33-29-23/h3-13H,1-2H3,(H,27,31)(H,28,29,32). The monoisotopic (exact) mass is 502 g/mol. The third kappa shape index (κ3) is 3.89. The Kier molecular flexibility index (Phi) is 5.22. The van der Waals surface area contributed by atoms with Crippen LogP contribution in [0.5, 0.6) is 0 Å². The summed E-state index contributed by atoms with van der Waals surface area (Å²) in [4.78, 5) is 27.2. The van der Waals surface area contributed by atoms with E-state index >= 15 is 0 Å². The lowest BCUT2D eigenvalue weighted by Crippen LogP contribution is -2.16. The molecule has 5 rings (SSSR count). The van der Waals surface area contributed by atoms with Crippen molar-refractivity contribution in [3.05, 3.63) is 93.0 Å². The summed E-state index contributed by atoms with van der Waals surface area (Å²) in [5.74, 6) is -0.711. The van der Waals surface area contributed by atoms with Crippen LogP contribution in [-0.4, -0.2) is 20.6 Å². The first kappa shape index (κ1) is 21.0. The molecule has 0 atom stereocenters. The van der Waals surface area contributed by atoms with E-state index in [1.807, 2.05) is 35.9 Å². The highest BCUT2D eigenvalue weighted by atomic mass is 79.9. The van der Waals surface area contributed by atoms with Crippen LogP contribution in [-0.2, 0) is 7.05 Å².